The number of aliphatic hydroxyl groups excluding tert-OH is 1. The molecule has 2 atom stereocenters. The summed E-state index contributed by atoms with van der Waals surface area (Å²) in [5.74, 6) is 0. The van der Waals surface area contributed by atoms with Crippen LogP contribution in [-0.2, 0) is 11.8 Å². The number of methoxy groups -OCH3 is 1. The molecule has 0 aromatic carbocycles. The fourth-order valence-corrected chi connectivity index (χ4v) is 1.04. The Hall–Kier alpha value is -0.870. The lowest BCUT2D eigenvalue weighted by molar-refractivity contribution is -0.00542. The number of rotatable bonds is 3. The van der Waals surface area contributed by atoms with Crippen LogP contribution >= 0.6 is 0 Å². The number of hydrogen-bond acceptors (Lipinski definition) is 3. The van der Waals surface area contributed by atoms with Gasteiger partial charge in [0, 0.05) is 20.4 Å². The van der Waals surface area contributed by atoms with Crippen molar-refractivity contribution in [2.24, 2.45) is 7.05 Å². The lowest BCUT2D eigenvalue weighted by Crippen LogP contribution is -2.19. The summed E-state index contributed by atoms with van der Waals surface area (Å²) in [6.07, 6.45) is 0.837. The Balaban J connectivity index is 2.77. The summed E-state index contributed by atoms with van der Waals surface area (Å²) < 4.78 is 6.64. The first kappa shape index (κ1) is 9.22. The monoisotopic (exact) mass is 170 g/mol. The van der Waals surface area contributed by atoms with E-state index in [0.717, 1.165) is 5.69 Å². The Kier molecular flexibility index (Phi) is 2.83. The van der Waals surface area contributed by atoms with Crippen molar-refractivity contribution >= 4 is 0 Å². The number of ether oxygens (including phenoxy) is 1. The minimum absolute atomic E-state index is 0.208. The molecule has 0 aliphatic carbocycles. The standard InChI is InChI=1S/C8H14N2O2/c1-6(12-3)8(11)7-4-5-9-10(7)2/h4-6,8,11H,1-3H3. The van der Waals surface area contributed by atoms with Crippen molar-refractivity contribution in [1.29, 1.82) is 0 Å². The van der Waals surface area contributed by atoms with Crippen LogP contribution in [0.3, 0.4) is 0 Å². The van der Waals surface area contributed by atoms with Crippen molar-refractivity contribution in [1.82, 2.24) is 9.78 Å². The van der Waals surface area contributed by atoms with Gasteiger partial charge in [0.05, 0.1) is 11.8 Å². The van der Waals surface area contributed by atoms with Gasteiger partial charge in [0.25, 0.3) is 0 Å². The Morgan fingerprint density at radius 1 is 1.67 bits per heavy atom. The fourth-order valence-electron chi connectivity index (χ4n) is 1.04. The van der Waals surface area contributed by atoms with Crippen LogP contribution in [0.4, 0.5) is 0 Å². The van der Waals surface area contributed by atoms with Gasteiger partial charge in [-0.05, 0) is 13.0 Å². The van der Waals surface area contributed by atoms with Crippen molar-refractivity contribution in [3.63, 3.8) is 0 Å². The van der Waals surface area contributed by atoms with Crippen LogP contribution in [0.2, 0.25) is 0 Å². The van der Waals surface area contributed by atoms with Gasteiger partial charge in [0.2, 0.25) is 0 Å². The molecule has 0 aliphatic rings. The lowest BCUT2D eigenvalue weighted by Gasteiger charge is -2.16. The van der Waals surface area contributed by atoms with Gasteiger partial charge >= 0.3 is 0 Å². The van der Waals surface area contributed by atoms with Crippen molar-refractivity contribution in [3.8, 4) is 0 Å². The first-order chi connectivity index (χ1) is 5.66. The smallest absolute Gasteiger partial charge is 0.121 e. The highest BCUT2D eigenvalue weighted by Gasteiger charge is 2.18. The molecule has 0 saturated carbocycles. The molecule has 68 valence electrons. The van der Waals surface area contributed by atoms with E-state index in [1.54, 1.807) is 31.1 Å². The molecule has 12 heavy (non-hydrogen) atoms. The van der Waals surface area contributed by atoms with Gasteiger partial charge in [-0.15, -0.1) is 0 Å². The van der Waals surface area contributed by atoms with E-state index < -0.39 is 6.10 Å². The molecule has 0 fully saturated rings. The molecule has 0 bridgehead atoms. The van der Waals surface area contributed by atoms with Crippen LogP contribution in [0.15, 0.2) is 12.3 Å². The molecule has 0 saturated heterocycles. The number of aryl methyl sites for hydroxylation is 1. The van der Waals surface area contributed by atoms with E-state index in [1.165, 1.54) is 0 Å². The highest BCUT2D eigenvalue weighted by Crippen LogP contribution is 2.16. The number of aliphatic hydroxyl groups is 1. The predicted molar refractivity (Wildman–Crippen MR) is 44.6 cm³/mol. The van der Waals surface area contributed by atoms with E-state index >= 15 is 0 Å². The summed E-state index contributed by atoms with van der Waals surface area (Å²) in [5.41, 5.74) is 0.768. The largest absolute Gasteiger partial charge is 0.384 e. The molecule has 4 nitrogen and oxygen atoms in total. The zero-order chi connectivity index (χ0) is 9.14. The maximum absolute atomic E-state index is 9.67. The molecule has 0 amide bonds. The average molecular weight is 170 g/mol. The van der Waals surface area contributed by atoms with Crippen LogP contribution in [0.5, 0.6) is 0 Å². The quantitative estimate of drug-likeness (QED) is 0.718. The Morgan fingerprint density at radius 2 is 2.33 bits per heavy atom. The maximum Gasteiger partial charge on any atom is 0.121 e. The van der Waals surface area contributed by atoms with E-state index in [4.69, 9.17) is 4.74 Å². The van der Waals surface area contributed by atoms with Crippen LogP contribution in [-0.4, -0.2) is 28.1 Å². The maximum atomic E-state index is 9.67. The van der Waals surface area contributed by atoms with Gasteiger partial charge in [-0.1, -0.05) is 0 Å². The second kappa shape index (κ2) is 3.69. The van der Waals surface area contributed by atoms with Gasteiger partial charge in [-0.3, -0.25) is 4.68 Å². The molecule has 1 aromatic heterocycles. The minimum Gasteiger partial charge on any atom is -0.384 e. The van der Waals surface area contributed by atoms with Crippen LogP contribution in [0.1, 0.15) is 18.7 Å². The van der Waals surface area contributed by atoms with Crippen LogP contribution < -0.4 is 0 Å². The van der Waals surface area contributed by atoms with E-state index in [-0.39, 0.29) is 6.10 Å². The van der Waals surface area contributed by atoms with Gasteiger partial charge in [0.1, 0.15) is 6.10 Å². The van der Waals surface area contributed by atoms with Crippen molar-refractivity contribution in [2.45, 2.75) is 19.1 Å². The van der Waals surface area contributed by atoms with Gasteiger partial charge in [-0.2, -0.15) is 5.10 Å². The molecule has 0 aliphatic heterocycles. The van der Waals surface area contributed by atoms with Gasteiger partial charge < -0.3 is 9.84 Å². The van der Waals surface area contributed by atoms with E-state index in [1.807, 2.05) is 6.92 Å². The van der Waals surface area contributed by atoms with Crippen molar-refractivity contribution < 1.29 is 9.84 Å². The fraction of sp³-hybridized carbons (Fsp3) is 0.625. The summed E-state index contributed by atoms with van der Waals surface area (Å²) in [6, 6.07) is 1.78. The summed E-state index contributed by atoms with van der Waals surface area (Å²) in [6.45, 7) is 1.82. The highest BCUT2D eigenvalue weighted by atomic mass is 16.5. The zero-order valence-electron chi connectivity index (χ0n) is 7.56. The summed E-state index contributed by atoms with van der Waals surface area (Å²) >= 11 is 0. The molecule has 0 radical (unpaired) electrons. The normalized spacial score (nSPS) is 16.0. The van der Waals surface area contributed by atoms with Crippen LogP contribution in [0, 0.1) is 0 Å². The summed E-state index contributed by atoms with van der Waals surface area (Å²) in [5, 5.41) is 13.6. The first-order valence-corrected chi connectivity index (χ1v) is 3.85. The predicted octanol–water partition coefficient (Wildman–Crippen LogP) is 0.488. The zero-order valence-corrected chi connectivity index (χ0v) is 7.56. The molecule has 1 N–H and O–H groups in total. The highest BCUT2D eigenvalue weighted by molar-refractivity contribution is 5.05. The molecule has 1 heterocycles. The van der Waals surface area contributed by atoms with Crippen LogP contribution in [0.25, 0.3) is 0 Å². The second-order valence-corrected chi connectivity index (χ2v) is 2.77. The molecule has 1 rings (SSSR count). The lowest BCUT2D eigenvalue weighted by atomic mass is 10.1. The molecule has 2 unspecified atom stereocenters. The van der Waals surface area contributed by atoms with E-state index in [0.29, 0.717) is 0 Å². The number of hydrogen-bond donors (Lipinski definition) is 1. The molecular weight excluding hydrogens is 156 g/mol. The topological polar surface area (TPSA) is 47.3 Å². The third-order valence-electron chi connectivity index (χ3n) is 1.98. The second-order valence-electron chi connectivity index (χ2n) is 2.77. The SMILES string of the molecule is COC(C)C(O)c1ccnn1C. The van der Waals surface area contributed by atoms with Gasteiger partial charge in [0.15, 0.2) is 0 Å². The average Bonchev–Trinajstić information content (AvgIpc) is 2.48. The molecule has 1 aromatic rings. The Morgan fingerprint density at radius 3 is 2.75 bits per heavy atom. The third kappa shape index (κ3) is 1.65. The molecular formula is C8H14N2O2. The molecule has 4 heteroatoms. The molecule has 0 spiro atoms. The minimum atomic E-state index is -0.609. The first-order valence-electron chi connectivity index (χ1n) is 3.85. The summed E-state index contributed by atoms with van der Waals surface area (Å²) in [4.78, 5) is 0. The third-order valence-corrected chi connectivity index (χ3v) is 1.98. The van der Waals surface area contributed by atoms with Gasteiger partial charge in [-0.25, -0.2) is 0 Å². The Labute approximate surface area is 71.8 Å². The van der Waals surface area contributed by atoms with Crippen molar-refractivity contribution in [2.75, 3.05) is 7.11 Å². The number of nitrogens with zero attached hydrogens (tertiary/aromatic N) is 2. The van der Waals surface area contributed by atoms with E-state index in [2.05, 4.69) is 5.10 Å². The number of aromatic nitrogens is 2. The Bertz CT molecular complexity index is 247. The summed E-state index contributed by atoms with van der Waals surface area (Å²) in [7, 11) is 3.37. The van der Waals surface area contributed by atoms with E-state index in [9.17, 15) is 5.11 Å². The van der Waals surface area contributed by atoms with Crippen molar-refractivity contribution in [3.05, 3.63) is 18.0 Å².